The molecule has 1 heterocycles. The molecule has 1 aromatic rings. The third kappa shape index (κ3) is 6.61. The number of guanidine groups is 1. The second kappa shape index (κ2) is 11.9. The number of benzene rings is 1. The Kier molecular flexibility index (Phi) is 9.95. The van der Waals surface area contributed by atoms with E-state index < -0.39 is 10.0 Å². The average Bonchev–Trinajstić information content (AvgIpc) is 3.34. The van der Waals surface area contributed by atoms with Crippen LogP contribution in [0.4, 0.5) is 0 Å². The molecule has 1 aliphatic heterocycles. The van der Waals surface area contributed by atoms with Crippen LogP contribution in [-0.4, -0.2) is 64.3 Å². The molecule has 2 aliphatic rings. The maximum atomic E-state index is 11.9. The molecule has 2 fully saturated rings. The molecule has 8 nitrogen and oxygen atoms in total. The molecule has 0 bridgehead atoms. The summed E-state index contributed by atoms with van der Waals surface area (Å²) in [5.41, 5.74) is 1.00. The zero-order valence-corrected chi connectivity index (χ0v) is 20.9. The van der Waals surface area contributed by atoms with E-state index in [1.807, 2.05) is 18.2 Å². The molecule has 2 N–H and O–H groups in total. The maximum absolute atomic E-state index is 11.9. The van der Waals surface area contributed by atoms with E-state index in [-0.39, 0.29) is 35.8 Å². The first-order valence-electron chi connectivity index (χ1n) is 10.3. The van der Waals surface area contributed by atoms with E-state index in [0.29, 0.717) is 38.6 Å². The monoisotopic (exact) mass is 552 g/mol. The minimum absolute atomic E-state index is 0. The first-order chi connectivity index (χ1) is 14.0. The number of sulfonamides is 1. The van der Waals surface area contributed by atoms with Gasteiger partial charge in [0.15, 0.2) is 17.5 Å². The van der Waals surface area contributed by atoms with Gasteiger partial charge in [-0.25, -0.2) is 12.7 Å². The van der Waals surface area contributed by atoms with Crippen LogP contribution in [0.2, 0.25) is 0 Å². The van der Waals surface area contributed by atoms with Gasteiger partial charge in [0, 0.05) is 38.8 Å². The molecule has 0 atom stereocenters. The largest absolute Gasteiger partial charge is 0.493 e. The second-order valence-corrected chi connectivity index (χ2v) is 9.48. The predicted molar refractivity (Wildman–Crippen MR) is 129 cm³/mol. The van der Waals surface area contributed by atoms with E-state index in [1.54, 1.807) is 14.2 Å². The highest BCUT2D eigenvalue weighted by molar-refractivity contribution is 14.0. The van der Waals surface area contributed by atoms with Gasteiger partial charge in [0.25, 0.3) is 0 Å². The molecule has 1 aliphatic carbocycles. The Morgan fingerprint density at radius 2 is 2.00 bits per heavy atom. The van der Waals surface area contributed by atoms with Crippen molar-refractivity contribution in [3.63, 3.8) is 0 Å². The van der Waals surface area contributed by atoms with Crippen LogP contribution in [0.1, 0.15) is 37.7 Å². The lowest BCUT2D eigenvalue weighted by atomic mass is 10.1. The number of methoxy groups -OCH3 is 1. The number of nitrogens with one attached hydrogen (secondary N) is 2. The van der Waals surface area contributed by atoms with Gasteiger partial charge in [0.1, 0.15) is 0 Å². The van der Waals surface area contributed by atoms with Crippen LogP contribution in [0, 0.1) is 0 Å². The number of aliphatic imine (C=N–C) groups is 1. The Hall–Kier alpha value is -1.27. The van der Waals surface area contributed by atoms with Crippen molar-refractivity contribution in [2.75, 3.05) is 39.5 Å². The number of para-hydroxylation sites is 1. The number of nitrogens with zero attached hydrogens (tertiary/aromatic N) is 2. The van der Waals surface area contributed by atoms with Crippen LogP contribution in [-0.2, 0) is 16.6 Å². The van der Waals surface area contributed by atoms with E-state index in [2.05, 4.69) is 15.6 Å². The van der Waals surface area contributed by atoms with Gasteiger partial charge < -0.3 is 20.1 Å². The summed E-state index contributed by atoms with van der Waals surface area (Å²) >= 11 is 0. The van der Waals surface area contributed by atoms with Crippen molar-refractivity contribution in [2.45, 2.75) is 44.8 Å². The fourth-order valence-electron chi connectivity index (χ4n) is 3.81. The molecular formula is C20H33IN4O4S. The normalized spacial score (nSPS) is 19.3. The molecule has 10 heteroatoms. The van der Waals surface area contributed by atoms with Crippen molar-refractivity contribution in [1.29, 1.82) is 0 Å². The van der Waals surface area contributed by atoms with Crippen LogP contribution < -0.4 is 20.1 Å². The summed E-state index contributed by atoms with van der Waals surface area (Å²) in [5.74, 6) is 2.39. The van der Waals surface area contributed by atoms with Crippen LogP contribution >= 0.6 is 24.0 Å². The number of hydrogen-bond donors (Lipinski definition) is 2. The van der Waals surface area contributed by atoms with Gasteiger partial charge in [0.05, 0.1) is 19.0 Å². The van der Waals surface area contributed by atoms with Crippen molar-refractivity contribution in [2.24, 2.45) is 4.99 Å². The van der Waals surface area contributed by atoms with Crippen molar-refractivity contribution >= 4 is 40.0 Å². The minimum atomic E-state index is -3.07. The van der Waals surface area contributed by atoms with Gasteiger partial charge in [0.2, 0.25) is 10.0 Å². The van der Waals surface area contributed by atoms with Crippen molar-refractivity contribution < 1.29 is 17.9 Å². The van der Waals surface area contributed by atoms with Crippen molar-refractivity contribution in [3.8, 4) is 11.5 Å². The summed E-state index contributed by atoms with van der Waals surface area (Å²) in [6, 6.07) is 5.88. The highest BCUT2D eigenvalue weighted by Gasteiger charge is 2.27. The maximum Gasteiger partial charge on any atom is 0.214 e. The lowest BCUT2D eigenvalue weighted by Gasteiger charge is -2.20. The fourth-order valence-corrected chi connectivity index (χ4v) is 5.34. The van der Waals surface area contributed by atoms with Crippen LogP contribution in [0.25, 0.3) is 0 Å². The van der Waals surface area contributed by atoms with Gasteiger partial charge in [-0.1, -0.05) is 12.1 Å². The molecule has 30 heavy (non-hydrogen) atoms. The predicted octanol–water partition coefficient (Wildman–Crippen LogP) is 2.34. The highest BCUT2D eigenvalue weighted by atomic mass is 127. The topological polar surface area (TPSA) is 92.3 Å². The van der Waals surface area contributed by atoms with Crippen LogP contribution in [0.15, 0.2) is 23.2 Å². The Morgan fingerprint density at radius 3 is 2.63 bits per heavy atom. The summed E-state index contributed by atoms with van der Waals surface area (Å²) in [5, 5.41) is 6.47. The first-order valence-corrected chi connectivity index (χ1v) is 11.9. The van der Waals surface area contributed by atoms with Gasteiger partial charge in [-0.15, -0.1) is 24.0 Å². The third-order valence-electron chi connectivity index (χ3n) is 5.39. The summed E-state index contributed by atoms with van der Waals surface area (Å²) in [7, 11) is 0.282. The molecule has 0 amide bonds. The molecular weight excluding hydrogens is 519 g/mol. The molecule has 0 aromatic heterocycles. The lowest BCUT2D eigenvalue weighted by Crippen LogP contribution is -2.41. The van der Waals surface area contributed by atoms with E-state index >= 15 is 0 Å². The molecule has 170 valence electrons. The SMILES string of the molecule is CN=C(NCCN1CCCS1(=O)=O)NCc1cccc(OC)c1OC1CCCC1.I. The van der Waals surface area contributed by atoms with Crippen LogP contribution in [0.3, 0.4) is 0 Å². The first kappa shape index (κ1) is 25.0. The Balaban J connectivity index is 0.00000320. The molecule has 1 saturated carbocycles. The molecule has 1 aromatic carbocycles. The Labute approximate surface area is 196 Å². The number of ether oxygens (including phenoxy) is 2. The van der Waals surface area contributed by atoms with Gasteiger partial charge in [-0.3, -0.25) is 4.99 Å². The van der Waals surface area contributed by atoms with Crippen LogP contribution in [0.5, 0.6) is 11.5 Å². The summed E-state index contributed by atoms with van der Waals surface area (Å²) in [6.07, 6.45) is 5.51. The standard InChI is InChI=1S/C20H32N4O4S.HI/c1-21-20(22-11-13-24-12-6-14-29(24,25)26)23-15-16-7-5-10-18(27-2)19(16)28-17-8-3-4-9-17;/h5,7,10,17H,3-4,6,8-9,11-15H2,1-2H3,(H2,21,22,23);1H. The molecule has 0 unspecified atom stereocenters. The number of hydrogen-bond acceptors (Lipinski definition) is 5. The van der Waals surface area contributed by atoms with E-state index in [1.165, 1.54) is 17.1 Å². The fraction of sp³-hybridized carbons (Fsp3) is 0.650. The zero-order valence-electron chi connectivity index (χ0n) is 17.7. The third-order valence-corrected chi connectivity index (χ3v) is 7.35. The number of halogens is 1. The minimum Gasteiger partial charge on any atom is -0.493 e. The number of rotatable bonds is 8. The second-order valence-electron chi connectivity index (χ2n) is 7.39. The van der Waals surface area contributed by atoms with E-state index in [0.717, 1.165) is 29.9 Å². The molecule has 3 rings (SSSR count). The highest BCUT2D eigenvalue weighted by Crippen LogP contribution is 2.34. The quantitative estimate of drug-likeness (QED) is 0.292. The summed E-state index contributed by atoms with van der Waals surface area (Å²) in [6.45, 7) is 2.07. The zero-order chi connectivity index (χ0) is 20.7. The van der Waals surface area contributed by atoms with Crippen molar-refractivity contribution in [3.05, 3.63) is 23.8 Å². The summed E-state index contributed by atoms with van der Waals surface area (Å²) < 4.78 is 37.1. The van der Waals surface area contributed by atoms with Gasteiger partial charge in [-0.05, 0) is 38.2 Å². The molecule has 0 radical (unpaired) electrons. The Bertz CT molecular complexity index is 813. The molecule has 0 spiro atoms. The summed E-state index contributed by atoms with van der Waals surface area (Å²) in [4.78, 5) is 4.23. The smallest absolute Gasteiger partial charge is 0.214 e. The average molecular weight is 552 g/mol. The van der Waals surface area contributed by atoms with E-state index in [4.69, 9.17) is 9.47 Å². The van der Waals surface area contributed by atoms with Gasteiger partial charge >= 0.3 is 0 Å². The lowest BCUT2D eigenvalue weighted by molar-refractivity contribution is 0.198. The Morgan fingerprint density at radius 1 is 1.23 bits per heavy atom. The van der Waals surface area contributed by atoms with E-state index in [9.17, 15) is 8.42 Å². The van der Waals surface area contributed by atoms with Crippen molar-refractivity contribution in [1.82, 2.24) is 14.9 Å². The molecule has 1 saturated heterocycles. The van der Waals surface area contributed by atoms with Gasteiger partial charge in [-0.2, -0.15) is 0 Å².